The first-order valence-corrected chi connectivity index (χ1v) is 12.5. The predicted octanol–water partition coefficient (Wildman–Crippen LogP) is 2.50. The van der Waals surface area contributed by atoms with Crippen LogP contribution in [0.4, 0.5) is 5.69 Å². The number of aromatic amines is 1. The minimum absolute atomic E-state index is 0.0699. The number of para-hydroxylation sites is 1. The van der Waals surface area contributed by atoms with Crippen molar-refractivity contribution in [3.8, 4) is 5.75 Å². The Hall–Kier alpha value is -2.76. The number of carbonyl (C=O) groups excluding carboxylic acids is 1. The number of sulfonamides is 1. The van der Waals surface area contributed by atoms with E-state index in [1.807, 2.05) is 18.2 Å². The molecule has 0 aliphatic carbocycles. The summed E-state index contributed by atoms with van der Waals surface area (Å²) < 4.78 is 33.1. The van der Waals surface area contributed by atoms with E-state index in [1.165, 1.54) is 40.6 Å². The zero-order valence-corrected chi connectivity index (χ0v) is 19.2. The van der Waals surface area contributed by atoms with E-state index in [4.69, 9.17) is 16.3 Å². The van der Waals surface area contributed by atoms with Gasteiger partial charge in [0.05, 0.1) is 15.6 Å². The minimum atomic E-state index is -3.76. The van der Waals surface area contributed by atoms with Crippen LogP contribution in [-0.4, -0.2) is 55.0 Å². The molecule has 2 heterocycles. The third-order valence-corrected chi connectivity index (χ3v) is 7.73. The fraction of sp³-hybridized carbons (Fsp3) is 0.250. The van der Waals surface area contributed by atoms with Gasteiger partial charge in [-0.25, -0.2) is 13.4 Å². The number of benzene rings is 2. The number of nitrogens with one attached hydrogen (secondary N) is 2. The lowest BCUT2D eigenvalue weighted by molar-refractivity contribution is -0.122. The van der Waals surface area contributed by atoms with Crippen LogP contribution in [-0.2, 0) is 21.2 Å². The summed E-state index contributed by atoms with van der Waals surface area (Å²) in [6, 6.07) is 11.7. The van der Waals surface area contributed by atoms with E-state index < -0.39 is 10.0 Å². The first-order chi connectivity index (χ1) is 15.4. The normalized spacial score (nSPS) is 13.1. The number of hydrogen-bond acceptors (Lipinski definition) is 7. The highest BCUT2D eigenvalue weighted by Gasteiger charge is 2.31. The van der Waals surface area contributed by atoms with Crippen molar-refractivity contribution in [3.05, 3.63) is 59.4 Å². The Bertz CT molecular complexity index is 1200. The molecule has 0 bridgehead atoms. The molecule has 1 aliphatic rings. The van der Waals surface area contributed by atoms with E-state index in [-0.39, 0.29) is 28.2 Å². The lowest BCUT2D eigenvalue weighted by Crippen LogP contribution is -2.30. The van der Waals surface area contributed by atoms with Gasteiger partial charge in [0.25, 0.3) is 15.9 Å². The summed E-state index contributed by atoms with van der Waals surface area (Å²) in [4.78, 5) is 16.0. The molecule has 2 N–H and O–H groups in total. The van der Waals surface area contributed by atoms with Crippen LogP contribution in [0.5, 0.6) is 5.75 Å². The fourth-order valence-corrected chi connectivity index (χ4v) is 5.71. The lowest BCUT2D eigenvalue weighted by Gasteiger charge is -2.20. The van der Waals surface area contributed by atoms with Crippen molar-refractivity contribution >= 4 is 45.0 Å². The molecule has 4 rings (SSSR count). The van der Waals surface area contributed by atoms with Crippen molar-refractivity contribution < 1.29 is 17.9 Å². The van der Waals surface area contributed by atoms with Gasteiger partial charge in [-0.3, -0.25) is 14.2 Å². The Kier molecular flexibility index (Phi) is 6.87. The van der Waals surface area contributed by atoms with Crippen molar-refractivity contribution in [2.75, 3.05) is 29.8 Å². The molecular formula is C20H20ClN5O4S2. The average molecular weight is 494 g/mol. The van der Waals surface area contributed by atoms with E-state index in [9.17, 15) is 13.2 Å². The van der Waals surface area contributed by atoms with Crippen LogP contribution >= 0.6 is 23.4 Å². The standard InChI is InChI=1S/C20H20ClN5O4S2/c21-16-11-15(32(28,29)26-9-7-14-3-1-2-4-17(14)26)5-6-18(16)30-12-19(27)22-8-10-31-20-23-13-24-25-20/h1-6,11,13H,7-10,12H2,(H,22,27)(H,23,24,25). The highest BCUT2D eigenvalue weighted by Crippen LogP contribution is 2.35. The van der Waals surface area contributed by atoms with Crippen molar-refractivity contribution in [3.63, 3.8) is 0 Å². The van der Waals surface area contributed by atoms with Crippen LogP contribution in [0.3, 0.4) is 0 Å². The van der Waals surface area contributed by atoms with Crippen molar-refractivity contribution in [1.29, 1.82) is 0 Å². The van der Waals surface area contributed by atoms with E-state index in [2.05, 4.69) is 20.5 Å². The highest BCUT2D eigenvalue weighted by atomic mass is 35.5. The number of anilines is 1. The number of ether oxygens (including phenoxy) is 1. The molecule has 1 amide bonds. The maximum atomic E-state index is 13.1. The quantitative estimate of drug-likeness (QED) is 0.347. The Morgan fingerprint density at radius 3 is 2.91 bits per heavy atom. The van der Waals surface area contributed by atoms with E-state index >= 15 is 0 Å². The molecule has 0 saturated heterocycles. The summed E-state index contributed by atoms with van der Waals surface area (Å²) >= 11 is 7.68. The first kappa shape index (κ1) is 22.4. The number of fused-ring (bicyclic) bond motifs is 1. The summed E-state index contributed by atoms with van der Waals surface area (Å²) in [6.07, 6.45) is 2.08. The van der Waals surface area contributed by atoms with Gasteiger partial charge in [0.15, 0.2) is 11.8 Å². The fourth-order valence-electron chi connectivity index (χ4n) is 3.24. The van der Waals surface area contributed by atoms with Gasteiger partial charge in [-0.05, 0) is 36.2 Å². The number of amides is 1. The lowest BCUT2D eigenvalue weighted by atomic mass is 10.2. The number of thioether (sulfide) groups is 1. The van der Waals surface area contributed by atoms with Crippen molar-refractivity contribution in [2.45, 2.75) is 16.5 Å². The Balaban J connectivity index is 1.32. The number of hydrogen-bond donors (Lipinski definition) is 2. The summed E-state index contributed by atoms with van der Waals surface area (Å²) in [5.74, 6) is 0.539. The van der Waals surface area contributed by atoms with E-state index in [0.29, 0.717) is 36.1 Å². The molecule has 168 valence electrons. The molecule has 3 aromatic rings. The van der Waals surface area contributed by atoms with Crippen LogP contribution in [0.2, 0.25) is 5.02 Å². The molecule has 0 spiro atoms. The van der Waals surface area contributed by atoms with Gasteiger partial charge in [0, 0.05) is 18.8 Å². The van der Waals surface area contributed by atoms with Gasteiger partial charge in [-0.2, -0.15) is 5.10 Å². The largest absolute Gasteiger partial charge is 0.482 e. The Labute approximate surface area is 194 Å². The van der Waals surface area contributed by atoms with Gasteiger partial charge >= 0.3 is 0 Å². The average Bonchev–Trinajstić information content (AvgIpc) is 3.46. The number of rotatable bonds is 9. The van der Waals surface area contributed by atoms with E-state index in [0.717, 1.165) is 5.56 Å². The third-order valence-electron chi connectivity index (χ3n) is 4.75. The molecule has 0 unspecified atom stereocenters. The summed E-state index contributed by atoms with van der Waals surface area (Å²) in [5, 5.41) is 9.98. The SMILES string of the molecule is O=C(COc1ccc(S(=O)(=O)N2CCc3ccccc32)cc1Cl)NCCSc1ncn[nH]1. The molecular weight excluding hydrogens is 474 g/mol. The van der Waals surface area contributed by atoms with Crippen LogP contribution in [0.25, 0.3) is 0 Å². The van der Waals surface area contributed by atoms with Gasteiger partial charge in [-0.1, -0.05) is 41.6 Å². The molecule has 1 aliphatic heterocycles. The summed E-state index contributed by atoms with van der Waals surface area (Å²) in [5.41, 5.74) is 1.68. The molecule has 2 aromatic carbocycles. The van der Waals surface area contributed by atoms with Gasteiger partial charge in [0.1, 0.15) is 12.1 Å². The van der Waals surface area contributed by atoms with Gasteiger partial charge < -0.3 is 10.1 Å². The molecule has 12 heteroatoms. The third kappa shape index (κ3) is 5.00. The minimum Gasteiger partial charge on any atom is -0.482 e. The molecule has 0 fully saturated rings. The molecule has 1 aromatic heterocycles. The Morgan fingerprint density at radius 2 is 2.12 bits per heavy atom. The maximum absolute atomic E-state index is 13.1. The second-order valence-corrected chi connectivity index (χ2v) is 10.2. The Morgan fingerprint density at radius 1 is 1.28 bits per heavy atom. The molecule has 32 heavy (non-hydrogen) atoms. The topological polar surface area (TPSA) is 117 Å². The van der Waals surface area contributed by atoms with Crippen LogP contribution in [0.1, 0.15) is 5.56 Å². The second-order valence-electron chi connectivity index (χ2n) is 6.83. The van der Waals surface area contributed by atoms with Crippen molar-refractivity contribution in [1.82, 2.24) is 20.5 Å². The number of carbonyl (C=O) groups is 1. The molecule has 0 atom stereocenters. The van der Waals surface area contributed by atoms with Crippen molar-refractivity contribution in [2.24, 2.45) is 0 Å². The number of halogens is 1. The number of nitrogens with zero attached hydrogens (tertiary/aromatic N) is 3. The zero-order chi connectivity index (χ0) is 22.6. The molecule has 0 radical (unpaired) electrons. The number of aromatic nitrogens is 3. The maximum Gasteiger partial charge on any atom is 0.264 e. The van der Waals surface area contributed by atoms with Gasteiger partial charge in [0.2, 0.25) is 0 Å². The predicted molar refractivity (Wildman–Crippen MR) is 122 cm³/mol. The monoisotopic (exact) mass is 493 g/mol. The van der Waals surface area contributed by atoms with Gasteiger partial charge in [-0.15, -0.1) is 0 Å². The van der Waals surface area contributed by atoms with Crippen LogP contribution < -0.4 is 14.4 Å². The molecule has 9 nitrogen and oxygen atoms in total. The summed E-state index contributed by atoms with van der Waals surface area (Å²) in [6.45, 7) is 0.570. The van der Waals surface area contributed by atoms with Crippen LogP contribution in [0.15, 0.2) is 58.8 Å². The smallest absolute Gasteiger partial charge is 0.264 e. The first-order valence-electron chi connectivity index (χ1n) is 9.73. The second kappa shape index (κ2) is 9.80. The summed E-state index contributed by atoms with van der Waals surface area (Å²) in [7, 11) is -3.76. The number of H-pyrrole nitrogens is 1. The zero-order valence-electron chi connectivity index (χ0n) is 16.8. The highest BCUT2D eigenvalue weighted by molar-refractivity contribution is 7.99. The molecule has 0 saturated carbocycles. The van der Waals surface area contributed by atoms with E-state index in [1.54, 1.807) is 6.07 Å². The van der Waals surface area contributed by atoms with Crippen LogP contribution in [0, 0.1) is 0 Å².